The van der Waals surface area contributed by atoms with Crippen molar-refractivity contribution in [2.24, 2.45) is 5.73 Å². The van der Waals surface area contributed by atoms with Crippen molar-refractivity contribution in [3.8, 4) is 0 Å². The normalized spacial score (nSPS) is 22.0. The Morgan fingerprint density at radius 3 is 3.36 bits per heavy atom. The Kier molecular flexibility index (Phi) is 3.08. The van der Waals surface area contributed by atoms with Crippen LogP contribution in [0.1, 0.15) is 23.6 Å². The van der Waals surface area contributed by atoms with E-state index in [0.717, 1.165) is 12.2 Å². The summed E-state index contributed by atoms with van der Waals surface area (Å²) in [5, 5.41) is 0. The molecule has 1 heterocycles. The first-order valence-electron chi connectivity index (χ1n) is 5.01. The van der Waals surface area contributed by atoms with Crippen LogP contribution in [0.25, 0.3) is 0 Å². The van der Waals surface area contributed by atoms with Crippen LogP contribution in [0, 0.1) is 0 Å². The summed E-state index contributed by atoms with van der Waals surface area (Å²) < 4.78 is 0. The van der Waals surface area contributed by atoms with Gasteiger partial charge in [0.15, 0.2) is 0 Å². The highest BCUT2D eigenvalue weighted by Crippen LogP contribution is 2.33. The second-order valence-corrected chi connectivity index (χ2v) is 4.72. The molecule has 1 aliphatic rings. The molecule has 2 rings (SSSR count). The molecule has 0 spiro atoms. The van der Waals surface area contributed by atoms with Crippen molar-refractivity contribution in [1.82, 2.24) is 4.98 Å². The number of nitrogens with two attached hydrogens (primary N) is 1. The summed E-state index contributed by atoms with van der Waals surface area (Å²) in [6, 6.07) is 4.45. The Hall–Kier alpha value is -0.540. The van der Waals surface area contributed by atoms with Crippen molar-refractivity contribution in [1.29, 1.82) is 0 Å². The average Bonchev–Trinajstić information content (AvgIpc) is 2.61. The molecule has 2 N–H and O–H groups in total. The highest BCUT2D eigenvalue weighted by atomic mass is 32.2. The Balaban J connectivity index is 2.17. The third kappa shape index (κ3) is 1.79. The maximum Gasteiger partial charge on any atom is 0.0482 e. The molecule has 2 nitrogen and oxygen atoms in total. The number of nitrogens with zero attached hydrogens (tertiary/aromatic N) is 1. The topological polar surface area (TPSA) is 38.9 Å². The monoisotopic (exact) mass is 208 g/mol. The van der Waals surface area contributed by atoms with Gasteiger partial charge >= 0.3 is 0 Å². The first-order valence-corrected chi connectivity index (χ1v) is 6.40. The number of hydrogen-bond donors (Lipinski definition) is 1. The van der Waals surface area contributed by atoms with E-state index >= 15 is 0 Å². The molecule has 14 heavy (non-hydrogen) atoms. The third-order valence-electron chi connectivity index (χ3n) is 2.88. The molecule has 2 atom stereocenters. The van der Waals surface area contributed by atoms with E-state index in [-0.39, 0.29) is 6.04 Å². The van der Waals surface area contributed by atoms with E-state index < -0.39 is 0 Å². The van der Waals surface area contributed by atoms with Crippen molar-refractivity contribution in [3.05, 3.63) is 29.6 Å². The summed E-state index contributed by atoms with van der Waals surface area (Å²) in [7, 11) is 0. The minimum absolute atomic E-state index is 0.265. The number of rotatable bonds is 3. The zero-order valence-corrected chi connectivity index (χ0v) is 9.26. The molecule has 0 radical (unpaired) electrons. The Morgan fingerprint density at radius 1 is 1.71 bits per heavy atom. The van der Waals surface area contributed by atoms with Crippen LogP contribution >= 0.6 is 11.8 Å². The van der Waals surface area contributed by atoms with Gasteiger partial charge in [0.2, 0.25) is 0 Å². The Labute approximate surface area is 89.3 Å². The van der Waals surface area contributed by atoms with Crippen molar-refractivity contribution >= 4 is 11.8 Å². The molecule has 1 aromatic rings. The number of hydrogen-bond acceptors (Lipinski definition) is 3. The summed E-state index contributed by atoms with van der Waals surface area (Å²) >= 11 is 1.82. The summed E-state index contributed by atoms with van der Waals surface area (Å²) in [6.07, 6.45) is 6.31. The lowest BCUT2D eigenvalue weighted by atomic mass is 9.99. The maximum atomic E-state index is 6.14. The van der Waals surface area contributed by atoms with Gasteiger partial charge in [-0.25, -0.2) is 0 Å². The zero-order valence-electron chi connectivity index (χ0n) is 8.44. The van der Waals surface area contributed by atoms with E-state index in [1.54, 1.807) is 0 Å². The van der Waals surface area contributed by atoms with E-state index in [1.807, 2.05) is 24.0 Å². The van der Waals surface area contributed by atoms with Crippen LogP contribution in [0.2, 0.25) is 0 Å². The van der Waals surface area contributed by atoms with E-state index in [4.69, 9.17) is 5.73 Å². The molecule has 76 valence electrons. The second-order valence-electron chi connectivity index (χ2n) is 3.81. The van der Waals surface area contributed by atoms with E-state index in [1.165, 1.54) is 17.7 Å². The van der Waals surface area contributed by atoms with Crippen LogP contribution in [0.5, 0.6) is 0 Å². The largest absolute Gasteiger partial charge is 0.326 e. The molecule has 0 fully saturated rings. The van der Waals surface area contributed by atoms with Gasteiger partial charge in [0.25, 0.3) is 0 Å². The Morgan fingerprint density at radius 2 is 2.57 bits per heavy atom. The molecular formula is C11H16N2S. The molecule has 2 unspecified atom stereocenters. The van der Waals surface area contributed by atoms with Crippen LogP contribution in [-0.2, 0) is 6.42 Å². The standard InChI is InChI=1S/C11H16N2S/c1-14-7-10(12)9-5-4-8-3-2-6-13-11(8)9/h2-3,6,9-10H,4-5,7,12H2,1H3. The lowest BCUT2D eigenvalue weighted by molar-refractivity contribution is 0.561. The fraction of sp³-hybridized carbons (Fsp3) is 0.545. The number of pyridine rings is 1. The summed E-state index contributed by atoms with van der Waals surface area (Å²) in [5.74, 6) is 1.51. The molecule has 0 bridgehead atoms. The highest BCUT2D eigenvalue weighted by Gasteiger charge is 2.28. The first kappa shape index (κ1) is 9.99. The quantitative estimate of drug-likeness (QED) is 0.823. The van der Waals surface area contributed by atoms with Gasteiger partial charge in [0.1, 0.15) is 0 Å². The second kappa shape index (κ2) is 4.32. The molecule has 0 saturated heterocycles. The van der Waals surface area contributed by atoms with Gasteiger partial charge in [-0.15, -0.1) is 0 Å². The molecule has 1 aromatic heterocycles. The summed E-state index contributed by atoms with van der Waals surface area (Å²) in [6.45, 7) is 0. The van der Waals surface area contributed by atoms with Crippen LogP contribution in [-0.4, -0.2) is 23.0 Å². The molecule has 0 saturated carbocycles. The average molecular weight is 208 g/mol. The molecule has 0 aromatic carbocycles. The fourth-order valence-electron chi connectivity index (χ4n) is 2.17. The van der Waals surface area contributed by atoms with Crippen LogP contribution in [0.4, 0.5) is 0 Å². The number of thioether (sulfide) groups is 1. The molecule has 1 aliphatic carbocycles. The molecule has 0 aliphatic heterocycles. The van der Waals surface area contributed by atoms with E-state index in [2.05, 4.69) is 17.3 Å². The predicted molar refractivity (Wildman–Crippen MR) is 61.7 cm³/mol. The fourth-order valence-corrected chi connectivity index (χ4v) is 2.79. The van der Waals surface area contributed by atoms with Crippen molar-refractivity contribution in [3.63, 3.8) is 0 Å². The van der Waals surface area contributed by atoms with Gasteiger partial charge in [-0.3, -0.25) is 4.98 Å². The molecule has 3 heteroatoms. The number of fused-ring (bicyclic) bond motifs is 1. The number of aryl methyl sites for hydroxylation is 1. The third-order valence-corrected chi connectivity index (χ3v) is 3.60. The van der Waals surface area contributed by atoms with Crippen LogP contribution in [0.3, 0.4) is 0 Å². The van der Waals surface area contributed by atoms with Gasteiger partial charge in [0, 0.05) is 29.6 Å². The predicted octanol–water partition coefficient (Wildman–Crippen LogP) is 1.80. The molecule has 0 amide bonds. The van der Waals surface area contributed by atoms with Crippen LogP contribution in [0.15, 0.2) is 18.3 Å². The van der Waals surface area contributed by atoms with Crippen molar-refractivity contribution in [2.45, 2.75) is 24.8 Å². The number of aromatic nitrogens is 1. The lowest BCUT2D eigenvalue weighted by Crippen LogP contribution is -2.30. The highest BCUT2D eigenvalue weighted by molar-refractivity contribution is 7.98. The lowest BCUT2D eigenvalue weighted by Gasteiger charge is -2.18. The minimum Gasteiger partial charge on any atom is -0.326 e. The Bertz CT molecular complexity index is 314. The van der Waals surface area contributed by atoms with Crippen LogP contribution < -0.4 is 5.73 Å². The van der Waals surface area contributed by atoms with Gasteiger partial charge < -0.3 is 5.73 Å². The van der Waals surface area contributed by atoms with E-state index in [0.29, 0.717) is 5.92 Å². The zero-order chi connectivity index (χ0) is 9.97. The summed E-state index contributed by atoms with van der Waals surface area (Å²) in [4.78, 5) is 4.45. The van der Waals surface area contributed by atoms with Crippen molar-refractivity contribution in [2.75, 3.05) is 12.0 Å². The smallest absolute Gasteiger partial charge is 0.0482 e. The molecular weight excluding hydrogens is 192 g/mol. The summed E-state index contributed by atoms with van der Waals surface area (Å²) in [5.41, 5.74) is 8.79. The maximum absolute atomic E-state index is 6.14. The van der Waals surface area contributed by atoms with Crippen molar-refractivity contribution < 1.29 is 0 Å². The SMILES string of the molecule is CSCC(N)C1CCc2cccnc21. The van der Waals surface area contributed by atoms with E-state index in [9.17, 15) is 0 Å². The minimum atomic E-state index is 0.265. The first-order chi connectivity index (χ1) is 6.83. The van der Waals surface area contributed by atoms with Gasteiger partial charge in [0.05, 0.1) is 0 Å². The van der Waals surface area contributed by atoms with Gasteiger partial charge in [-0.2, -0.15) is 11.8 Å². The van der Waals surface area contributed by atoms with Gasteiger partial charge in [-0.1, -0.05) is 6.07 Å². The van der Waals surface area contributed by atoms with Gasteiger partial charge in [-0.05, 0) is 30.7 Å².